The van der Waals surface area contributed by atoms with Gasteiger partial charge in [0.1, 0.15) is 5.82 Å². The molecule has 1 saturated heterocycles. The Hall–Kier alpha value is -2.37. The number of fused-ring (bicyclic) bond motifs is 1. The van der Waals surface area contributed by atoms with Gasteiger partial charge in [0.05, 0.1) is 10.9 Å². The summed E-state index contributed by atoms with van der Waals surface area (Å²) >= 11 is 0. The minimum atomic E-state index is -0.761. The highest BCUT2D eigenvalue weighted by Crippen LogP contribution is 2.33. The summed E-state index contributed by atoms with van der Waals surface area (Å²) in [6.07, 6.45) is 0.607. The maximum absolute atomic E-state index is 11.4. The SMILES string of the molecule is CN(C)c1nc(N2CCC(C)(C(=O)O)C2)nc2ccccc12. The van der Waals surface area contributed by atoms with Crippen LogP contribution in [0, 0.1) is 5.41 Å². The van der Waals surface area contributed by atoms with E-state index in [4.69, 9.17) is 0 Å². The molecule has 0 spiro atoms. The molecular weight excluding hydrogens is 280 g/mol. The number of carboxylic acids is 1. The molecule has 1 atom stereocenters. The highest BCUT2D eigenvalue weighted by molar-refractivity contribution is 5.90. The van der Waals surface area contributed by atoms with Crippen LogP contribution in [-0.4, -0.2) is 48.2 Å². The Morgan fingerprint density at radius 1 is 1.32 bits per heavy atom. The Kier molecular flexibility index (Phi) is 3.39. The van der Waals surface area contributed by atoms with Gasteiger partial charge in [-0.1, -0.05) is 12.1 Å². The van der Waals surface area contributed by atoms with Crippen molar-refractivity contribution in [3.8, 4) is 0 Å². The predicted molar refractivity (Wildman–Crippen MR) is 86.4 cm³/mol. The molecule has 1 unspecified atom stereocenters. The van der Waals surface area contributed by atoms with Gasteiger partial charge in [-0.2, -0.15) is 4.98 Å². The first-order valence-corrected chi connectivity index (χ1v) is 7.33. The van der Waals surface area contributed by atoms with Crippen molar-refractivity contribution in [3.63, 3.8) is 0 Å². The van der Waals surface area contributed by atoms with Gasteiger partial charge >= 0.3 is 5.97 Å². The highest BCUT2D eigenvalue weighted by Gasteiger charge is 2.41. The Balaban J connectivity index is 2.04. The number of hydrogen-bond acceptors (Lipinski definition) is 5. The fourth-order valence-electron chi connectivity index (χ4n) is 2.84. The number of carbonyl (C=O) groups is 1. The van der Waals surface area contributed by atoms with Gasteiger partial charge in [0, 0.05) is 32.6 Å². The lowest BCUT2D eigenvalue weighted by Gasteiger charge is -2.22. The molecule has 1 N–H and O–H groups in total. The number of nitrogens with zero attached hydrogens (tertiary/aromatic N) is 4. The second-order valence-corrected chi connectivity index (χ2v) is 6.30. The molecule has 6 nitrogen and oxygen atoms in total. The van der Waals surface area contributed by atoms with E-state index < -0.39 is 11.4 Å². The Bertz CT molecular complexity index is 731. The first kappa shape index (κ1) is 14.6. The number of aliphatic carboxylic acids is 1. The minimum absolute atomic E-state index is 0.438. The molecule has 1 aliphatic rings. The molecule has 1 aromatic heterocycles. The van der Waals surface area contributed by atoms with Crippen molar-refractivity contribution in [1.82, 2.24) is 9.97 Å². The van der Waals surface area contributed by atoms with Crippen molar-refractivity contribution in [3.05, 3.63) is 24.3 Å². The van der Waals surface area contributed by atoms with Crippen molar-refractivity contribution in [1.29, 1.82) is 0 Å². The average molecular weight is 300 g/mol. The number of rotatable bonds is 3. The van der Waals surface area contributed by atoms with Crippen LogP contribution in [0.5, 0.6) is 0 Å². The van der Waals surface area contributed by atoms with Crippen LogP contribution in [0.15, 0.2) is 24.3 Å². The summed E-state index contributed by atoms with van der Waals surface area (Å²) in [5.41, 5.74) is 0.146. The number of carboxylic acid groups (broad SMARTS) is 1. The summed E-state index contributed by atoms with van der Waals surface area (Å²) in [7, 11) is 3.90. The van der Waals surface area contributed by atoms with Gasteiger partial charge in [0.25, 0.3) is 0 Å². The number of anilines is 2. The molecule has 2 aromatic rings. The van der Waals surface area contributed by atoms with E-state index in [9.17, 15) is 9.90 Å². The average Bonchev–Trinajstić information content (AvgIpc) is 2.90. The van der Waals surface area contributed by atoms with E-state index in [0.717, 1.165) is 16.7 Å². The summed E-state index contributed by atoms with van der Waals surface area (Å²) < 4.78 is 0. The van der Waals surface area contributed by atoms with Gasteiger partial charge in [0.15, 0.2) is 0 Å². The molecule has 0 amide bonds. The summed E-state index contributed by atoms with van der Waals surface area (Å²) in [6, 6.07) is 7.87. The Labute approximate surface area is 129 Å². The molecule has 0 radical (unpaired) electrons. The van der Waals surface area contributed by atoms with E-state index >= 15 is 0 Å². The topological polar surface area (TPSA) is 69.6 Å². The van der Waals surface area contributed by atoms with Crippen molar-refractivity contribution in [2.45, 2.75) is 13.3 Å². The van der Waals surface area contributed by atoms with Gasteiger partial charge < -0.3 is 14.9 Å². The summed E-state index contributed by atoms with van der Waals surface area (Å²) in [5.74, 6) is 0.695. The first-order chi connectivity index (χ1) is 10.4. The van der Waals surface area contributed by atoms with Gasteiger partial charge in [-0.15, -0.1) is 0 Å². The second-order valence-electron chi connectivity index (χ2n) is 6.30. The van der Waals surface area contributed by atoms with Crippen LogP contribution in [0.3, 0.4) is 0 Å². The standard InChI is InChI=1S/C16H20N4O2/c1-16(14(21)22)8-9-20(10-16)15-17-12-7-5-4-6-11(12)13(18-15)19(2)3/h4-7H,8-10H2,1-3H3,(H,21,22). The fourth-order valence-corrected chi connectivity index (χ4v) is 2.84. The number of hydrogen-bond donors (Lipinski definition) is 1. The summed E-state index contributed by atoms with van der Waals surface area (Å²) in [6.45, 7) is 2.88. The molecule has 3 rings (SSSR count). The highest BCUT2D eigenvalue weighted by atomic mass is 16.4. The largest absolute Gasteiger partial charge is 0.481 e. The maximum atomic E-state index is 11.4. The van der Waals surface area contributed by atoms with E-state index in [1.54, 1.807) is 6.92 Å². The lowest BCUT2D eigenvalue weighted by molar-refractivity contribution is -0.146. The van der Waals surface area contributed by atoms with E-state index in [2.05, 4.69) is 9.97 Å². The van der Waals surface area contributed by atoms with Crippen LogP contribution >= 0.6 is 0 Å². The third kappa shape index (κ3) is 2.34. The zero-order chi connectivity index (χ0) is 15.9. The quantitative estimate of drug-likeness (QED) is 0.935. The number of aromatic nitrogens is 2. The monoisotopic (exact) mass is 300 g/mol. The Morgan fingerprint density at radius 3 is 2.68 bits per heavy atom. The van der Waals surface area contributed by atoms with E-state index in [1.807, 2.05) is 48.2 Å². The smallest absolute Gasteiger partial charge is 0.311 e. The minimum Gasteiger partial charge on any atom is -0.481 e. The third-order valence-electron chi connectivity index (χ3n) is 4.27. The van der Waals surface area contributed by atoms with E-state index in [-0.39, 0.29) is 0 Å². The van der Waals surface area contributed by atoms with Crippen LogP contribution in [0.25, 0.3) is 10.9 Å². The summed E-state index contributed by atoms with van der Waals surface area (Å²) in [5, 5.41) is 10.4. The van der Waals surface area contributed by atoms with Crippen molar-refractivity contribution in [2.75, 3.05) is 37.0 Å². The number of benzene rings is 1. The van der Waals surface area contributed by atoms with Crippen molar-refractivity contribution >= 4 is 28.6 Å². The molecule has 116 valence electrons. The lowest BCUT2D eigenvalue weighted by atomic mass is 9.90. The van der Waals surface area contributed by atoms with E-state index in [0.29, 0.717) is 25.5 Å². The van der Waals surface area contributed by atoms with Crippen molar-refractivity contribution in [2.24, 2.45) is 5.41 Å². The molecule has 22 heavy (non-hydrogen) atoms. The van der Waals surface area contributed by atoms with Crippen LogP contribution < -0.4 is 9.80 Å². The molecule has 0 aliphatic carbocycles. The molecule has 2 heterocycles. The molecule has 0 bridgehead atoms. The molecule has 1 fully saturated rings. The van der Waals surface area contributed by atoms with Crippen LogP contribution in [0.1, 0.15) is 13.3 Å². The maximum Gasteiger partial charge on any atom is 0.311 e. The lowest BCUT2D eigenvalue weighted by Crippen LogP contribution is -2.32. The van der Waals surface area contributed by atoms with Gasteiger partial charge in [0.2, 0.25) is 5.95 Å². The molecular formula is C16H20N4O2. The van der Waals surface area contributed by atoms with Gasteiger partial charge in [-0.3, -0.25) is 4.79 Å². The predicted octanol–water partition coefficient (Wildman–Crippen LogP) is 2.00. The molecule has 1 aromatic carbocycles. The molecule has 1 aliphatic heterocycles. The second kappa shape index (κ2) is 5.12. The third-order valence-corrected chi connectivity index (χ3v) is 4.27. The normalized spacial score (nSPS) is 21.3. The van der Waals surface area contributed by atoms with Crippen molar-refractivity contribution < 1.29 is 9.90 Å². The molecule has 6 heteroatoms. The Morgan fingerprint density at radius 2 is 2.05 bits per heavy atom. The number of para-hydroxylation sites is 1. The van der Waals surface area contributed by atoms with Gasteiger partial charge in [-0.25, -0.2) is 4.98 Å². The first-order valence-electron chi connectivity index (χ1n) is 7.33. The van der Waals surface area contributed by atoms with E-state index in [1.165, 1.54) is 0 Å². The molecule has 0 saturated carbocycles. The fraction of sp³-hybridized carbons (Fsp3) is 0.438. The van der Waals surface area contributed by atoms with Crippen LogP contribution in [-0.2, 0) is 4.79 Å². The summed E-state index contributed by atoms with van der Waals surface area (Å²) in [4.78, 5) is 24.6. The zero-order valence-corrected chi connectivity index (χ0v) is 13.1. The van der Waals surface area contributed by atoms with Crippen LogP contribution in [0.4, 0.5) is 11.8 Å². The van der Waals surface area contributed by atoms with Gasteiger partial charge in [-0.05, 0) is 25.5 Å². The zero-order valence-electron chi connectivity index (χ0n) is 13.1. The van der Waals surface area contributed by atoms with Crippen LogP contribution in [0.2, 0.25) is 0 Å².